The van der Waals surface area contributed by atoms with Gasteiger partial charge in [-0.2, -0.15) is 0 Å². The molecule has 6 heteroatoms. The van der Waals surface area contributed by atoms with Crippen molar-refractivity contribution in [2.45, 2.75) is 77.9 Å². The molecule has 2 atom stereocenters. The molecule has 0 fully saturated rings. The van der Waals surface area contributed by atoms with Gasteiger partial charge < -0.3 is 0 Å². The molecular formula is C16H25F2O3P. The summed E-state index contributed by atoms with van der Waals surface area (Å²) in [4.78, 5) is 0. The molecule has 0 aliphatic carbocycles. The van der Waals surface area contributed by atoms with Crippen LogP contribution in [0, 0.1) is 23.7 Å². The number of unbranched alkanes of at least 4 members (excludes halogenated alkanes) is 6. The lowest BCUT2D eigenvalue weighted by molar-refractivity contribution is 0.0642. The number of hydrogen-bond donors (Lipinski definition) is 0. The largest absolute Gasteiger partial charge is 0.325 e. The topological polar surface area (TPSA) is 35.5 Å². The van der Waals surface area contributed by atoms with Crippen molar-refractivity contribution in [3.63, 3.8) is 0 Å². The Hall–Kier alpha value is -0.870. The average molecular weight is 334 g/mol. The van der Waals surface area contributed by atoms with Gasteiger partial charge in [-0.3, -0.25) is 13.6 Å². The summed E-state index contributed by atoms with van der Waals surface area (Å²) in [6.45, 7) is 4.11. The summed E-state index contributed by atoms with van der Waals surface area (Å²) >= 11 is 0. The SMILES string of the molecule is CCCCCC#CC(F)O[PH](=O)OC(F)C#CCCCCC. The summed E-state index contributed by atoms with van der Waals surface area (Å²) < 4.78 is 46.3. The summed E-state index contributed by atoms with van der Waals surface area (Å²) in [6.07, 6.45) is 2.94. The summed E-state index contributed by atoms with van der Waals surface area (Å²) in [5.41, 5.74) is 0. The van der Waals surface area contributed by atoms with E-state index in [0.717, 1.165) is 38.5 Å². The molecule has 0 aromatic rings. The highest BCUT2D eigenvalue weighted by Gasteiger charge is 2.12. The van der Waals surface area contributed by atoms with E-state index in [2.05, 4.69) is 46.6 Å². The molecule has 0 amide bonds. The molecule has 22 heavy (non-hydrogen) atoms. The van der Waals surface area contributed by atoms with E-state index in [9.17, 15) is 13.3 Å². The maximum Gasteiger partial charge on any atom is 0.325 e. The van der Waals surface area contributed by atoms with Crippen LogP contribution in [0.1, 0.15) is 65.2 Å². The van der Waals surface area contributed by atoms with Gasteiger partial charge in [0.15, 0.2) is 0 Å². The van der Waals surface area contributed by atoms with Gasteiger partial charge in [0.1, 0.15) is 0 Å². The number of alkyl halides is 2. The van der Waals surface area contributed by atoms with Gasteiger partial charge in [0.25, 0.3) is 12.7 Å². The molecule has 0 saturated carbocycles. The minimum Gasteiger partial charge on any atom is -0.263 e. The first kappa shape index (κ1) is 21.1. The van der Waals surface area contributed by atoms with E-state index < -0.39 is 21.0 Å². The van der Waals surface area contributed by atoms with Crippen LogP contribution in [-0.2, 0) is 13.6 Å². The average Bonchev–Trinajstić information content (AvgIpc) is 2.46. The Kier molecular flexibility index (Phi) is 14.4. The van der Waals surface area contributed by atoms with Crippen LogP contribution in [0.2, 0.25) is 0 Å². The van der Waals surface area contributed by atoms with E-state index in [1.807, 2.05) is 0 Å². The van der Waals surface area contributed by atoms with Gasteiger partial charge in [0.2, 0.25) is 0 Å². The lowest BCUT2D eigenvalue weighted by Gasteiger charge is -2.05. The van der Waals surface area contributed by atoms with Crippen molar-refractivity contribution in [1.29, 1.82) is 0 Å². The Labute approximate surface area is 133 Å². The first-order valence-electron chi connectivity index (χ1n) is 7.72. The molecule has 0 saturated heterocycles. The maximum absolute atomic E-state index is 13.2. The molecule has 0 bridgehead atoms. The molecule has 0 spiro atoms. The van der Waals surface area contributed by atoms with Gasteiger partial charge in [-0.05, 0) is 24.7 Å². The van der Waals surface area contributed by atoms with Crippen molar-refractivity contribution in [2.75, 3.05) is 0 Å². The maximum atomic E-state index is 13.2. The molecule has 0 rings (SSSR count). The molecular weight excluding hydrogens is 309 g/mol. The van der Waals surface area contributed by atoms with Crippen LogP contribution < -0.4 is 0 Å². The lowest BCUT2D eigenvalue weighted by Crippen LogP contribution is -2.02. The third kappa shape index (κ3) is 14.1. The molecule has 0 N–H and O–H groups in total. The minimum absolute atomic E-state index is 0.550. The number of rotatable bonds is 10. The van der Waals surface area contributed by atoms with Gasteiger partial charge in [0.05, 0.1) is 0 Å². The van der Waals surface area contributed by atoms with Gasteiger partial charge in [0, 0.05) is 12.8 Å². The first-order valence-corrected chi connectivity index (χ1v) is 8.94. The number of halogens is 2. The van der Waals surface area contributed by atoms with Crippen LogP contribution in [0.3, 0.4) is 0 Å². The van der Waals surface area contributed by atoms with Gasteiger partial charge in [-0.15, -0.1) is 0 Å². The Morgan fingerprint density at radius 3 is 1.64 bits per heavy atom. The van der Waals surface area contributed by atoms with Crippen molar-refractivity contribution in [1.82, 2.24) is 0 Å². The fourth-order valence-electron chi connectivity index (χ4n) is 1.49. The van der Waals surface area contributed by atoms with Crippen molar-refractivity contribution >= 4 is 8.25 Å². The summed E-state index contributed by atoms with van der Waals surface area (Å²) in [5, 5.41) is 0. The van der Waals surface area contributed by atoms with Crippen molar-refractivity contribution in [3.05, 3.63) is 0 Å². The van der Waals surface area contributed by atoms with E-state index in [4.69, 9.17) is 0 Å². The van der Waals surface area contributed by atoms with Crippen molar-refractivity contribution < 1.29 is 22.4 Å². The minimum atomic E-state index is -3.29. The molecule has 3 nitrogen and oxygen atoms in total. The Morgan fingerprint density at radius 1 is 0.864 bits per heavy atom. The quantitative estimate of drug-likeness (QED) is 0.314. The van der Waals surface area contributed by atoms with E-state index >= 15 is 0 Å². The van der Waals surface area contributed by atoms with E-state index in [1.165, 1.54) is 0 Å². The van der Waals surface area contributed by atoms with Crippen LogP contribution in [0.15, 0.2) is 0 Å². The highest BCUT2D eigenvalue weighted by Crippen LogP contribution is 2.28. The van der Waals surface area contributed by atoms with Crippen LogP contribution >= 0.6 is 8.25 Å². The Morgan fingerprint density at radius 2 is 1.27 bits per heavy atom. The monoisotopic (exact) mass is 334 g/mol. The summed E-state index contributed by atoms with van der Waals surface area (Å²) in [7, 11) is -3.29. The molecule has 0 aromatic carbocycles. The standard InChI is InChI=1S/C16H25F2O3P/c1-3-5-7-9-11-13-15(17)20-22(19)21-16(18)14-12-10-8-6-4-2/h15-16,22H,3-10H2,1-2H3. The Bertz CT molecular complexity index is 383. The first-order chi connectivity index (χ1) is 10.6. The fraction of sp³-hybridized carbons (Fsp3) is 0.750. The van der Waals surface area contributed by atoms with E-state index in [0.29, 0.717) is 12.8 Å². The van der Waals surface area contributed by atoms with Crippen LogP contribution in [0.5, 0.6) is 0 Å². The van der Waals surface area contributed by atoms with Gasteiger partial charge in [-0.1, -0.05) is 51.4 Å². The molecule has 0 heterocycles. The lowest BCUT2D eigenvalue weighted by atomic mass is 10.2. The molecule has 0 aliphatic heterocycles. The zero-order valence-electron chi connectivity index (χ0n) is 13.3. The van der Waals surface area contributed by atoms with E-state index in [1.54, 1.807) is 0 Å². The zero-order chi connectivity index (χ0) is 16.6. The zero-order valence-corrected chi connectivity index (χ0v) is 14.3. The molecule has 0 aliphatic rings. The Balaban J connectivity index is 3.90. The summed E-state index contributed by atoms with van der Waals surface area (Å²) in [5.74, 6) is 9.49. The predicted molar refractivity (Wildman–Crippen MR) is 84.8 cm³/mol. The van der Waals surface area contributed by atoms with Crippen LogP contribution in [-0.4, -0.2) is 12.7 Å². The van der Waals surface area contributed by atoms with Gasteiger partial charge in [-0.25, -0.2) is 8.78 Å². The number of hydrogen-bond acceptors (Lipinski definition) is 3. The van der Waals surface area contributed by atoms with Gasteiger partial charge >= 0.3 is 8.25 Å². The molecule has 2 unspecified atom stereocenters. The van der Waals surface area contributed by atoms with Crippen molar-refractivity contribution in [2.24, 2.45) is 0 Å². The van der Waals surface area contributed by atoms with Crippen LogP contribution in [0.4, 0.5) is 8.78 Å². The fourth-order valence-corrected chi connectivity index (χ4v) is 2.00. The molecule has 126 valence electrons. The normalized spacial score (nSPS) is 14.2. The molecule has 0 radical (unpaired) electrons. The highest BCUT2D eigenvalue weighted by atomic mass is 31.1. The third-order valence-electron chi connectivity index (χ3n) is 2.64. The second kappa shape index (κ2) is 15.0. The molecule has 0 aromatic heterocycles. The van der Waals surface area contributed by atoms with Crippen molar-refractivity contribution in [3.8, 4) is 23.7 Å². The highest BCUT2D eigenvalue weighted by molar-refractivity contribution is 7.33. The summed E-state index contributed by atoms with van der Waals surface area (Å²) in [6, 6.07) is 0. The van der Waals surface area contributed by atoms with Crippen LogP contribution in [0.25, 0.3) is 0 Å². The second-order valence-corrected chi connectivity index (χ2v) is 5.65. The van der Waals surface area contributed by atoms with E-state index in [-0.39, 0.29) is 0 Å². The second-order valence-electron chi connectivity index (χ2n) is 4.67. The smallest absolute Gasteiger partial charge is 0.263 e. The predicted octanol–water partition coefficient (Wildman–Crippen LogP) is 5.17. The third-order valence-corrected chi connectivity index (χ3v) is 3.44.